The SMILES string of the molecule is CC1=C(C(=O)O[C@H]2CCC[C@@H](C)C2)[C@@H](c2ccc(N(C)C)cc2)NC(=S)N1. The molecule has 1 fully saturated rings. The van der Waals surface area contributed by atoms with E-state index in [0.29, 0.717) is 16.6 Å². The highest BCUT2D eigenvalue weighted by Crippen LogP contribution is 2.31. The molecule has 1 aromatic carbocycles. The van der Waals surface area contributed by atoms with Crippen molar-refractivity contribution in [3.05, 3.63) is 41.1 Å². The Hall–Kier alpha value is -2.08. The maximum Gasteiger partial charge on any atom is 0.338 e. The van der Waals surface area contributed by atoms with Gasteiger partial charge in [-0.15, -0.1) is 0 Å². The van der Waals surface area contributed by atoms with Gasteiger partial charge in [-0.3, -0.25) is 0 Å². The number of allylic oxidation sites excluding steroid dienone is 1. The van der Waals surface area contributed by atoms with Crippen LogP contribution in [0.5, 0.6) is 0 Å². The van der Waals surface area contributed by atoms with Crippen molar-refractivity contribution >= 4 is 29.0 Å². The highest BCUT2D eigenvalue weighted by molar-refractivity contribution is 7.80. The van der Waals surface area contributed by atoms with Crippen LogP contribution in [-0.4, -0.2) is 31.3 Å². The first-order valence-corrected chi connectivity index (χ1v) is 10.0. The van der Waals surface area contributed by atoms with Gasteiger partial charge in [-0.05, 0) is 62.0 Å². The fraction of sp³-hybridized carbons (Fsp3) is 0.524. The minimum Gasteiger partial charge on any atom is -0.459 e. The van der Waals surface area contributed by atoms with Gasteiger partial charge in [0.05, 0.1) is 11.6 Å². The third-order valence-electron chi connectivity index (χ3n) is 5.39. The third-order valence-corrected chi connectivity index (χ3v) is 5.61. The second-order valence-corrected chi connectivity index (χ2v) is 8.26. The molecule has 0 bridgehead atoms. The van der Waals surface area contributed by atoms with Gasteiger partial charge < -0.3 is 20.3 Å². The summed E-state index contributed by atoms with van der Waals surface area (Å²) in [6.45, 7) is 4.11. The molecule has 0 saturated heterocycles. The third kappa shape index (κ3) is 4.61. The number of hydrogen-bond donors (Lipinski definition) is 2. The normalized spacial score (nSPS) is 25.5. The van der Waals surface area contributed by atoms with Crippen molar-refractivity contribution in [1.29, 1.82) is 0 Å². The molecule has 146 valence electrons. The van der Waals surface area contributed by atoms with Crippen LogP contribution in [0.2, 0.25) is 0 Å². The summed E-state index contributed by atoms with van der Waals surface area (Å²) in [5.74, 6) is 0.354. The molecule has 1 heterocycles. The molecule has 0 unspecified atom stereocenters. The summed E-state index contributed by atoms with van der Waals surface area (Å²) in [4.78, 5) is 15.1. The lowest BCUT2D eigenvalue weighted by atomic mass is 9.88. The van der Waals surface area contributed by atoms with Gasteiger partial charge in [0, 0.05) is 25.5 Å². The summed E-state index contributed by atoms with van der Waals surface area (Å²) < 4.78 is 5.89. The molecular formula is C21H29N3O2S. The molecule has 0 amide bonds. The Labute approximate surface area is 167 Å². The van der Waals surface area contributed by atoms with Gasteiger partial charge in [0.15, 0.2) is 5.11 Å². The molecule has 3 rings (SSSR count). The fourth-order valence-electron chi connectivity index (χ4n) is 3.88. The van der Waals surface area contributed by atoms with Crippen LogP contribution in [0.3, 0.4) is 0 Å². The molecule has 6 heteroatoms. The summed E-state index contributed by atoms with van der Waals surface area (Å²) in [5.41, 5.74) is 3.47. The van der Waals surface area contributed by atoms with Crippen LogP contribution in [0.25, 0.3) is 0 Å². The zero-order valence-electron chi connectivity index (χ0n) is 16.5. The Balaban J connectivity index is 1.84. The van der Waals surface area contributed by atoms with Gasteiger partial charge in [0.1, 0.15) is 6.10 Å². The average molecular weight is 388 g/mol. The minimum absolute atomic E-state index is 0.00666. The van der Waals surface area contributed by atoms with Gasteiger partial charge in [0.2, 0.25) is 0 Å². The monoisotopic (exact) mass is 387 g/mol. The number of rotatable bonds is 4. The van der Waals surface area contributed by atoms with Crippen LogP contribution in [0.1, 0.15) is 51.1 Å². The number of anilines is 1. The average Bonchev–Trinajstić information content (AvgIpc) is 2.61. The van der Waals surface area contributed by atoms with E-state index in [1.54, 1.807) is 0 Å². The van der Waals surface area contributed by atoms with Gasteiger partial charge in [-0.25, -0.2) is 4.79 Å². The Morgan fingerprint density at radius 2 is 1.93 bits per heavy atom. The van der Waals surface area contributed by atoms with E-state index in [9.17, 15) is 4.79 Å². The second kappa shape index (κ2) is 8.30. The molecule has 0 spiro atoms. The number of esters is 1. The van der Waals surface area contributed by atoms with Crippen molar-refractivity contribution in [2.75, 3.05) is 19.0 Å². The summed E-state index contributed by atoms with van der Waals surface area (Å²) in [7, 11) is 4.01. The Morgan fingerprint density at radius 3 is 2.56 bits per heavy atom. The molecule has 1 aliphatic heterocycles. The Kier molecular flexibility index (Phi) is 6.05. The first-order chi connectivity index (χ1) is 12.8. The molecule has 1 saturated carbocycles. The molecule has 27 heavy (non-hydrogen) atoms. The van der Waals surface area contributed by atoms with E-state index in [1.807, 2.05) is 50.2 Å². The van der Waals surface area contributed by atoms with Crippen LogP contribution >= 0.6 is 12.2 Å². The van der Waals surface area contributed by atoms with Crippen LogP contribution in [0, 0.1) is 5.92 Å². The molecule has 0 radical (unpaired) electrons. The number of carbonyl (C=O) groups excluding carboxylic acids is 1. The number of thiocarbonyl (C=S) groups is 1. The van der Waals surface area contributed by atoms with Crippen molar-refractivity contribution in [2.24, 2.45) is 5.92 Å². The second-order valence-electron chi connectivity index (χ2n) is 7.86. The smallest absolute Gasteiger partial charge is 0.338 e. The largest absolute Gasteiger partial charge is 0.459 e. The molecule has 2 aliphatic rings. The van der Waals surface area contributed by atoms with Crippen molar-refractivity contribution < 1.29 is 9.53 Å². The number of nitrogens with zero attached hydrogens (tertiary/aromatic N) is 1. The van der Waals surface area contributed by atoms with E-state index in [1.165, 1.54) is 6.42 Å². The van der Waals surface area contributed by atoms with Crippen molar-refractivity contribution in [1.82, 2.24) is 10.6 Å². The molecule has 1 aliphatic carbocycles. The molecule has 0 aromatic heterocycles. The van der Waals surface area contributed by atoms with Crippen LogP contribution in [0.4, 0.5) is 5.69 Å². The van der Waals surface area contributed by atoms with Crippen molar-refractivity contribution in [3.8, 4) is 0 Å². The lowest BCUT2D eigenvalue weighted by Crippen LogP contribution is -2.45. The van der Waals surface area contributed by atoms with E-state index >= 15 is 0 Å². The van der Waals surface area contributed by atoms with E-state index in [-0.39, 0.29) is 18.1 Å². The maximum absolute atomic E-state index is 13.0. The summed E-state index contributed by atoms with van der Waals surface area (Å²) >= 11 is 5.33. The number of ether oxygens (including phenoxy) is 1. The number of benzene rings is 1. The van der Waals surface area contributed by atoms with E-state index in [2.05, 4.69) is 17.6 Å². The van der Waals surface area contributed by atoms with Gasteiger partial charge >= 0.3 is 5.97 Å². The molecule has 5 nitrogen and oxygen atoms in total. The summed E-state index contributed by atoms with van der Waals surface area (Å²) in [5, 5.41) is 6.84. The first-order valence-electron chi connectivity index (χ1n) is 9.61. The minimum atomic E-state index is -0.302. The van der Waals surface area contributed by atoms with Crippen LogP contribution in [0.15, 0.2) is 35.5 Å². The Bertz CT molecular complexity index is 742. The lowest BCUT2D eigenvalue weighted by Gasteiger charge is -2.32. The first kappa shape index (κ1) is 19.7. The lowest BCUT2D eigenvalue weighted by molar-refractivity contribution is -0.146. The molecule has 3 atom stereocenters. The van der Waals surface area contributed by atoms with Gasteiger partial charge in [-0.2, -0.15) is 0 Å². The summed E-state index contributed by atoms with van der Waals surface area (Å²) in [6.07, 6.45) is 4.23. The predicted molar refractivity (Wildman–Crippen MR) is 113 cm³/mol. The molecular weight excluding hydrogens is 358 g/mol. The topological polar surface area (TPSA) is 53.6 Å². The molecule has 2 N–H and O–H groups in total. The zero-order valence-corrected chi connectivity index (χ0v) is 17.4. The fourth-order valence-corrected chi connectivity index (χ4v) is 4.15. The zero-order chi connectivity index (χ0) is 19.6. The van der Waals surface area contributed by atoms with Crippen LogP contribution in [-0.2, 0) is 9.53 Å². The van der Waals surface area contributed by atoms with Crippen molar-refractivity contribution in [3.63, 3.8) is 0 Å². The van der Waals surface area contributed by atoms with E-state index < -0.39 is 0 Å². The maximum atomic E-state index is 13.0. The van der Waals surface area contributed by atoms with Crippen molar-refractivity contribution in [2.45, 2.75) is 51.7 Å². The summed E-state index contributed by atoms with van der Waals surface area (Å²) in [6, 6.07) is 7.85. The standard InChI is InChI=1S/C21H29N3O2S/c1-13-6-5-7-17(12-13)26-20(25)18-14(2)22-21(27)23-19(18)15-8-10-16(11-9-15)24(3)4/h8-11,13,17,19H,5-7,12H2,1-4H3,(H2,22,23,27)/t13-,17+,19-/m1/s1. The molecule has 1 aromatic rings. The van der Waals surface area contributed by atoms with E-state index in [0.717, 1.165) is 36.2 Å². The van der Waals surface area contributed by atoms with Gasteiger partial charge in [-0.1, -0.05) is 25.5 Å². The van der Waals surface area contributed by atoms with Crippen LogP contribution < -0.4 is 15.5 Å². The van der Waals surface area contributed by atoms with Gasteiger partial charge in [0.25, 0.3) is 0 Å². The number of carbonyl (C=O) groups is 1. The highest BCUT2D eigenvalue weighted by atomic mass is 32.1. The Morgan fingerprint density at radius 1 is 1.22 bits per heavy atom. The van der Waals surface area contributed by atoms with E-state index in [4.69, 9.17) is 17.0 Å². The number of hydrogen-bond acceptors (Lipinski definition) is 4. The quantitative estimate of drug-likeness (QED) is 0.607. The predicted octanol–water partition coefficient (Wildman–Crippen LogP) is 3.67. The number of nitrogens with one attached hydrogen (secondary N) is 2. The highest BCUT2D eigenvalue weighted by Gasteiger charge is 2.33.